The zero-order valence-corrected chi connectivity index (χ0v) is 16.6. The van der Waals surface area contributed by atoms with Crippen LogP contribution in [0.3, 0.4) is 0 Å². The predicted octanol–water partition coefficient (Wildman–Crippen LogP) is 0.860. The summed E-state index contributed by atoms with van der Waals surface area (Å²) in [5, 5.41) is 3.05. The van der Waals surface area contributed by atoms with Crippen molar-refractivity contribution in [1.82, 2.24) is 9.13 Å². The van der Waals surface area contributed by atoms with Crippen molar-refractivity contribution < 1.29 is 19.0 Å². The lowest BCUT2D eigenvalue weighted by atomic mass is 9.82. The van der Waals surface area contributed by atoms with E-state index in [9.17, 15) is 14.4 Å². The Morgan fingerprint density at radius 3 is 2.62 bits per heavy atom. The van der Waals surface area contributed by atoms with Crippen LogP contribution < -0.4 is 26.0 Å². The van der Waals surface area contributed by atoms with Crippen molar-refractivity contribution in [3.63, 3.8) is 0 Å². The Balaban J connectivity index is 2.01. The van der Waals surface area contributed by atoms with E-state index < -0.39 is 23.1 Å². The van der Waals surface area contributed by atoms with Crippen molar-refractivity contribution in [2.24, 2.45) is 14.1 Å². The maximum Gasteiger partial charge on any atom is 0.337 e. The molecule has 2 aliphatic heterocycles. The van der Waals surface area contributed by atoms with E-state index in [1.54, 1.807) is 25.2 Å². The second-order valence-electron chi connectivity index (χ2n) is 6.84. The molecule has 0 spiro atoms. The summed E-state index contributed by atoms with van der Waals surface area (Å²) in [4.78, 5) is 38.0. The van der Waals surface area contributed by atoms with Crippen molar-refractivity contribution >= 4 is 11.8 Å². The second-order valence-corrected chi connectivity index (χ2v) is 6.84. The Hall–Kier alpha value is -3.49. The van der Waals surface area contributed by atoms with Gasteiger partial charge >= 0.3 is 11.7 Å². The quantitative estimate of drug-likeness (QED) is 0.761. The van der Waals surface area contributed by atoms with Gasteiger partial charge in [-0.15, -0.1) is 0 Å². The van der Waals surface area contributed by atoms with Crippen LogP contribution in [0.2, 0.25) is 0 Å². The lowest BCUT2D eigenvalue weighted by Crippen LogP contribution is -2.43. The molecule has 152 valence electrons. The molecule has 9 nitrogen and oxygen atoms in total. The lowest BCUT2D eigenvalue weighted by molar-refractivity contribution is -0.136. The van der Waals surface area contributed by atoms with Crippen LogP contribution in [-0.4, -0.2) is 35.4 Å². The number of anilines is 1. The normalized spacial score (nSPS) is 17.4. The van der Waals surface area contributed by atoms with E-state index in [4.69, 9.17) is 14.2 Å². The Morgan fingerprint density at radius 2 is 1.93 bits per heavy atom. The summed E-state index contributed by atoms with van der Waals surface area (Å²) in [6.07, 6.45) is 0. The van der Waals surface area contributed by atoms with Gasteiger partial charge in [0, 0.05) is 14.1 Å². The predicted molar refractivity (Wildman–Crippen MR) is 105 cm³/mol. The van der Waals surface area contributed by atoms with Crippen LogP contribution in [0.15, 0.2) is 39.1 Å². The highest BCUT2D eigenvalue weighted by Gasteiger charge is 2.41. The summed E-state index contributed by atoms with van der Waals surface area (Å²) >= 11 is 0. The fraction of sp³-hybridized carbons (Fsp3) is 0.350. The maximum absolute atomic E-state index is 13.1. The van der Waals surface area contributed by atoms with Crippen LogP contribution >= 0.6 is 0 Å². The first-order chi connectivity index (χ1) is 13.9. The van der Waals surface area contributed by atoms with E-state index in [0.717, 1.165) is 4.57 Å². The Kier molecular flexibility index (Phi) is 4.45. The molecule has 4 rings (SSSR count). The number of benzene rings is 1. The van der Waals surface area contributed by atoms with Gasteiger partial charge in [-0.05, 0) is 24.6 Å². The van der Waals surface area contributed by atoms with Crippen LogP contribution in [0.4, 0.5) is 5.82 Å². The molecule has 3 heterocycles. The number of rotatable bonds is 4. The van der Waals surface area contributed by atoms with Crippen LogP contribution in [0.5, 0.6) is 11.5 Å². The first kappa shape index (κ1) is 18.9. The number of hydrogen-bond acceptors (Lipinski definition) is 7. The molecule has 0 aliphatic carbocycles. The van der Waals surface area contributed by atoms with E-state index in [0.29, 0.717) is 46.3 Å². The molecule has 29 heavy (non-hydrogen) atoms. The van der Waals surface area contributed by atoms with Crippen molar-refractivity contribution in [3.8, 4) is 11.5 Å². The standard InChI is InChI=1S/C20H21N3O6/c1-5-28-12-7-6-10(8-13(12)27-4)14-15-11(9-29-19(15)25)21-17-16(14)18(24)23(3)20(26)22(17)2/h6-8,14,21H,5,9H2,1-4H3/t14-/m0/s1. The number of methoxy groups -OCH3 is 1. The number of nitrogens with one attached hydrogen (secondary N) is 1. The molecule has 0 amide bonds. The number of carbonyl (C=O) groups excluding carboxylic acids is 1. The van der Waals surface area contributed by atoms with Crippen LogP contribution in [0, 0.1) is 0 Å². The van der Waals surface area contributed by atoms with E-state index >= 15 is 0 Å². The SMILES string of the molecule is CCOc1ccc([C@H]2C3=C(COC3=O)Nc3c2c(=O)n(C)c(=O)n3C)cc1OC. The van der Waals surface area contributed by atoms with E-state index in [2.05, 4.69) is 5.32 Å². The van der Waals surface area contributed by atoms with Gasteiger partial charge in [-0.3, -0.25) is 13.9 Å². The van der Waals surface area contributed by atoms with Gasteiger partial charge in [0.1, 0.15) is 12.4 Å². The minimum atomic E-state index is -0.702. The summed E-state index contributed by atoms with van der Waals surface area (Å²) < 4.78 is 18.6. The van der Waals surface area contributed by atoms with Crippen LogP contribution in [0.1, 0.15) is 24.0 Å². The molecule has 0 unspecified atom stereocenters. The largest absolute Gasteiger partial charge is 0.493 e. The molecule has 9 heteroatoms. The average molecular weight is 399 g/mol. The highest BCUT2D eigenvalue weighted by atomic mass is 16.5. The van der Waals surface area contributed by atoms with Crippen LogP contribution in [0.25, 0.3) is 0 Å². The zero-order valence-electron chi connectivity index (χ0n) is 16.6. The number of hydrogen-bond donors (Lipinski definition) is 1. The fourth-order valence-corrected chi connectivity index (χ4v) is 3.85. The lowest BCUT2D eigenvalue weighted by Gasteiger charge is -2.28. The third kappa shape index (κ3) is 2.72. The van der Waals surface area contributed by atoms with Gasteiger partial charge in [0.05, 0.1) is 36.5 Å². The molecule has 0 saturated heterocycles. The summed E-state index contributed by atoms with van der Waals surface area (Å²) in [6, 6.07) is 5.27. The van der Waals surface area contributed by atoms with Gasteiger partial charge in [0.25, 0.3) is 5.56 Å². The summed E-state index contributed by atoms with van der Waals surface area (Å²) in [7, 11) is 4.51. The monoisotopic (exact) mass is 399 g/mol. The molecule has 1 aromatic heterocycles. The van der Waals surface area contributed by atoms with Crippen molar-refractivity contribution in [3.05, 3.63) is 61.4 Å². The van der Waals surface area contributed by atoms with Gasteiger partial charge in [0.15, 0.2) is 11.5 Å². The van der Waals surface area contributed by atoms with E-state index in [1.165, 1.54) is 18.7 Å². The fourth-order valence-electron chi connectivity index (χ4n) is 3.85. The number of aromatic nitrogens is 2. The van der Waals surface area contributed by atoms with E-state index in [-0.39, 0.29) is 6.61 Å². The molecule has 1 aromatic carbocycles. The summed E-state index contributed by atoms with van der Waals surface area (Å²) in [6.45, 7) is 2.39. The number of fused-ring (bicyclic) bond motifs is 1. The first-order valence-corrected chi connectivity index (χ1v) is 9.16. The number of esters is 1. The molecule has 2 aliphatic rings. The van der Waals surface area contributed by atoms with Gasteiger partial charge in [-0.2, -0.15) is 0 Å². The van der Waals surface area contributed by atoms with Crippen molar-refractivity contribution in [1.29, 1.82) is 0 Å². The highest BCUT2D eigenvalue weighted by molar-refractivity contribution is 5.96. The third-order valence-electron chi connectivity index (χ3n) is 5.26. The van der Waals surface area contributed by atoms with Crippen molar-refractivity contribution in [2.45, 2.75) is 12.8 Å². The maximum atomic E-state index is 13.1. The number of nitrogens with zero attached hydrogens (tertiary/aromatic N) is 2. The van der Waals surface area contributed by atoms with Gasteiger partial charge in [0.2, 0.25) is 0 Å². The summed E-state index contributed by atoms with van der Waals surface area (Å²) in [5.74, 6) is 0.204. The smallest absolute Gasteiger partial charge is 0.337 e. The minimum absolute atomic E-state index is 0.0572. The van der Waals surface area contributed by atoms with Crippen LogP contribution in [-0.2, 0) is 23.6 Å². The number of ether oxygens (including phenoxy) is 3. The molecule has 1 N–H and O–H groups in total. The minimum Gasteiger partial charge on any atom is -0.493 e. The first-order valence-electron chi connectivity index (χ1n) is 9.16. The average Bonchev–Trinajstić information content (AvgIpc) is 3.10. The molecule has 0 fully saturated rings. The highest BCUT2D eigenvalue weighted by Crippen LogP contribution is 2.44. The molecular formula is C20H21N3O6. The molecule has 1 atom stereocenters. The second kappa shape index (κ2) is 6.84. The zero-order chi connectivity index (χ0) is 20.9. The van der Waals surface area contributed by atoms with Gasteiger partial charge in [-0.1, -0.05) is 6.07 Å². The van der Waals surface area contributed by atoms with Crippen molar-refractivity contribution in [2.75, 3.05) is 25.6 Å². The number of cyclic esters (lactones) is 1. The van der Waals surface area contributed by atoms with E-state index in [1.807, 2.05) is 6.92 Å². The molecule has 0 saturated carbocycles. The molecule has 0 radical (unpaired) electrons. The van der Waals surface area contributed by atoms with Gasteiger partial charge in [-0.25, -0.2) is 9.59 Å². The third-order valence-corrected chi connectivity index (χ3v) is 5.26. The Morgan fingerprint density at radius 1 is 1.17 bits per heavy atom. The molecular weight excluding hydrogens is 378 g/mol. The Labute approximate surface area is 166 Å². The summed E-state index contributed by atoms with van der Waals surface area (Å²) in [5.41, 5.74) is 0.940. The topological polar surface area (TPSA) is 101 Å². The van der Waals surface area contributed by atoms with Gasteiger partial charge < -0.3 is 19.5 Å². The number of carbonyl (C=O) groups is 1. The molecule has 2 aromatic rings. The Bertz CT molecular complexity index is 1170. The molecule has 0 bridgehead atoms.